The van der Waals surface area contributed by atoms with E-state index in [9.17, 15) is 27.7 Å². The molecular formula is C33H40F2N3O6PS. The quantitative estimate of drug-likeness (QED) is 0.262. The number of hydrogen-bond donors (Lipinski definition) is 3. The summed E-state index contributed by atoms with van der Waals surface area (Å²) < 4.78 is 40.5. The molecule has 0 radical (unpaired) electrons. The van der Waals surface area contributed by atoms with Gasteiger partial charge in [0.05, 0.1) is 4.88 Å². The Balaban J connectivity index is 1.34. The molecule has 46 heavy (non-hydrogen) atoms. The molecule has 3 heterocycles. The van der Waals surface area contributed by atoms with Gasteiger partial charge in [-0.2, -0.15) is 8.78 Å². The van der Waals surface area contributed by atoms with Crippen LogP contribution in [-0.2, 0) is 19.8 Å². The van der Waals surface area contributed by atoms with Gasteiger partial charge >= 0.3 is 13.3 Å². The minimum atomic E-state index is -5.76. The van der Waals surface area contributed by atoms with Crippen molar-refractivity contribution in [1.29, 1.82) is 0 Å². The first-order chi connectivity index (χ1) is 21.6. The number of likely N-dealkylation sites (tertiary alicyclic amines) is 2. The second-order valence-electron chi connectivity index (χ2n) is 13.3. The SMILES string of the molecule is CC(C)(C)C(NC(=O)c1cc2cc(C(F)(F)P(=O)(O)O)ccc2s1)C(=O)N1CCCC[C@H]1C(=O)N1CCC[C@H](c2ccccc2)C1. The van der Waals surface area contributed by atoms with E-state index in [0.717, 1.165) is 49.2 Å². The standard InChI is InChI=1S/C33H40F2N3O6PS/c1-32(2,3)28(36-29(39)27-19-23-18-24(14-15-26(23)46-27)33(34,35)45(42,43)44)31(41)38-17-8-7-13-25(38)30(40)37-16-9-12-22(20-37)21-10-5-4-6-11-21/h4-6,10-11,14-15,18-19,22,25,28H,7-9,12-13,16-17,20H2,1-3H3,(H,36,39)(H2,42,43,44)/t22-,25-,28?/m0/s1. The Kier molecular flexibility index (Phi) is 9.76. The number of halogens is 2. The van der Waals surface area contributed by atoms with E-state index in [0.29, 0.717) is 30.8 Å². The van der Waals surface area contributed by atoms with Crippen LogP contribution in [0, 0.1) is 5.41 Å². The van der Waals surface area contributed by atoms with Crippen LogP contribution in [0.25, 0.3) is 10.1 Å². The van der Waals surface area contributed by atoms with Crippen molar-refractivity contribution in [2.45, 2.75) is 76.5 Å². The van der Waals surface area contributed by atoms with Crippen molar-refractivity contribution in [1.82, 2.24) is 15.1 Å². The Morgan fingerprint density at radius 1 is 0.978 bits per heavy atom. The highest BCUT2D eigenvalue weighted by molar-refractivity contribution is 7.52. The maximum Gasteiger partial charge on any atom is 0.399 e. The average molecular weight is 676 g/mol. The second kappa shape index (κ2) is 13.1. The van der Waals surface area contributed by atoms with Gasteiger partial charge in [-0.25, -0.2) is 0 Å². The lowest BCUT2D eigenvalue weighted by atomic mass is 9.84. The average Bonchev–Trinajstić information content (AvgIpc) is 3.46. The Morgan fingerprint density at radius 2 is 1.70 bits per heavy atom. The number of carbonyl (C=O) groups is 3. The topological polar surface area (TPSA) is 127 Å². The zero-order valence-electron chi connectivity index (χ0n) is 26.1. The van der Waals surface area contributed by atoms with Crippen LogP contribution in [0.2, 0.25) is 0 Å². The molecule has 0 aliphatic carbocycles. The Hall–Kier alpha value is -3.18. The molecule has 0 spiro atoms. The highest BCUT2D eigenvalue weighted by atomic mass is 32.1. The van der Waals surface area contributed by atoms with E-state index >= 15 is 0 Å². The van der Waals surface area contributed by atoms with Crippen molar-refractivity contribution < 1.29 is 37.5 Å². The number of hydrogen-bond acceptors (Lipinski definition) is 5. The smallest absolute Gasteiger partial charge is 0.340 e. The van der Waals surface area contributed by atoms with Crippen LogP contribution in [0.15, 0.2) is 54.6 Å². The zero-order chi connectivity index (χ0) is 33.4. The molecule has 2 aromatic carbocycles. The molecule has 3 atom stereocenters. The van der Waals surface area contributed by atoms with Crippen molar-refractivity contribution in [3.8, 4) is 0 Å². The van der Waals surface area contributed by atoms with Crippen LogP contribution in [0.3, 0.4) is 0 Å². The van der Waals surface area contributed by atoms with Gasteiger partial charge in [0.25, 0.3) is 5.91 Å². The molecule has 3 aromatic rings. The van der Waals surface area contributed by atoms with Crippen LogP contribution >= 0.6 is 18.9 Å². The van der Waals surface area contributed by atoms with Crippen molar-refractivity contribution in [2.24, 2.45) is 5.41 Å². The number of nitrogens with zero attached hydrogens (tertiary/aromatic N) is 2. The number of benzene rings is 2. The third kappa shape index (κ3) is 7.05. The van der Waals surface area contributed by atoms with E-state index in [2.05, 4.69) is 17.4 Å². The maximum atomic E-state index is 14.3. The molecule has 2 aliphatic heterocycles. The highest BCUT2D eigenvalue weighted by Crippen LogP contribution is 2.59. The number of amides is 3. The summed E-state index contributed by atoms with van der Waals surface area (Å²) in [4.78, 5) is 63.6. The Labute approximate surface area is 271 Å². The van der Waals surface area contributed by atoms with E-state index in [4.69, 9.17) is 9.79 Å². The summed E-state index contributed by atoms with van der Waals surface area (Å²) in [5, 5.41) is 3.07. The minimum Gasteiger partial charge on any atom is -0.340 e. The number of fused-ring (bicyclic) bond motifs is 1. The van der Waals surface area contributed by atoms with Crippen molar-refractivity contribution >= 4 is 46.7 Å². The monoisotopic (exact) mass is 675 g/mol. The summed E-state index contributed by atoms with van der Waals surface area (Å²) in [6, 6.07) is 13.1. The summed E-state index contributed by atoms with van der Waals surface area (Å²) in [6.07, 6.45) is 3.96. The summed E-state index contributed by atoms with van der Waals surface area (Å²) >= 11 is 1.02. The van der Waals surface area contributed by atoms with E-state index < -0.39 is 42.2 Å². The van der Waals surface area contributed by atoms with Crippen molar-refractivity contribution in [3.63, 3.8) is 0 Å². The van der Waals surface area contributed by atoms with Gasteiger partial charge in [0.15, 0.2) is 0 Å². The number of nitrogens with one attached hydrogen (secondary N) is 1. The first kappa shape index (κ1) is 34.2. The molecule has 0 saturated carbocycles. The highest BCUT2D eigenvalue weighted by Gasteiger charge is 2.50. The summed E-state index contributed by atoms with van der Waals surface area (Å²) in [7, 11) is -5.76. The summed E-state index contributed by atoms with van der Waals surface area (Å²) in [5.41, 5.74) is -4.77. The molecule has 13 heteroatoms. The fourth-order valence-electron chi connectivity index (χ4n) is 6.36. The van der Waals surface area contributed by atoms with Gasteiger partial charge in [-0.3, -0.25) is 18.9 Å². The van der Waals surface area contributed by atoms with Crippen LogP contribution in [0.4, 0.5) is 8.78 Å². The third-order valence-corrected chi connectivity index (χ3v) is 11.0. The lowest BCUT2D eigenvalue weighted by Crippen LogP contribution is -2.61. The Morgan fingerprint density at radius 3 is 2.37 bits per heavy atom. The van der Waals surface area contributed by atoms with Gasteiger partial charge in [0, 0.05) is 35.8 Å². The van der Waals surface area contributed by atoms with Gasteiger partial charge in [0.1, 0.15) is 12.1 Å². The molecule has 1 aromatic heterocycles. The predicted octanol–water partition coefficient (Wildman–Crippen LogP) is 6.06. The van der Waals surface area contributed by atoms with E-state index in [1.165, 1.54) is 17.7 Å². The molecule has 3 amide bonds. The summed E-state index contributed by atoms with van der Waals surface area (Å²) in [5.74, 6) is -0.770. The molecule has 2 fully saturated rings. The number of thiophene rings is 1. The van der Waals surface area contributed by atoms with E-state index in [1.807, 2.05) is 43.9 Å². The normalized spacial score (nSPS) is 20.4. The molecular weight excluding hydrogens is 635 g/mol. The maximum absolute atomic E-state index is 14.3. The van der Waals surface area contributed by atoms with Gasteiger partial charge in [-0.1, -0.05) is 57.2 Å². The lowest BCUT2D eigenvalue weighted by molar-refractivity contribution is -0.150. The summed E-state index contributed by atoms with van der Waals surface area (Å²) in [6.45, 7) is 7.10. The lowest BCUT2D eigenvalue weighted by Gasteiger charge is -2.43. The molecule has 1 unspecified atom stereocenters. The Bertz CT molecular complexity index is 1650. The largest absolute Gasteiger partial charge is 0.399 e. The molecule has 9 nitrogen and oxygen atoms in total. The molecule has 2 saturated heterocycles. The second-order valence-corrected chi connectivity index (χ2v) is 16.0. The number of carbonyl (C=O) groups excluding carboxylic acids is 3. The van der Waals surface area contributed by atoms with Crippen LogP contribution in [0.1, 0.15) is 79.6 Å². The van der Waals surface area contributed by atoms with Gasteiger partial charge in [-0.15, -0.1) is 11.3 Å². The van der Waals surface area contributed by atoms with Crippen LogP contribution in [0.5, 0.6) is 0 Å². The predicted molar refractivity (Wildman–Crippen MR) is 173 cm³/mol. The molecule has 0 bridgehead atoms. The van der Waals surface area contributed by atoms with Crippen molar-refractivity contribution in [3.05, 3.63) is 70.6 Å². The fraction of sp³-hybridized carbons (Fsp3) is 0.485. The zero-order valence-corrected chi connectivity index (χ0v) is 27.8. The number of rotatable bonds is 7. The molecule has 5 rings (SSSR count). The van der Waals surface area contributed by atoms with Crippen molar-refractivity contribution in [2.75, 3.05) is 19.6 Å². The van der Waals surface area contributed by atoms with Crippen LogP contribution in [-0.4, -0.2) is 69.0 Å². The van der Waals surface area contributed by atoms with Gasteiger partial charge in [0.2, 0.25) is 11.8 Å². The number of piperidine rings is 2. The van der Waals surface area contributed by atoms with Gasteiger partial charge in [-0.05, 0) is 66.7 Å². The molecule has 248 valence electrons. The minimum absolute atomic E-state index is 0.0694. The fourth-order valence-corrected chi connectivity index (χ4v) is 7.79. The number of alkyl halides is 2. The van der Waals surface area contributed by atoms with E-state index in [-0.39, 0.29) is 28.0 Å². The molecule has 2 aliphatic rings. The third-order valence-electron chi connectivity index (χ3n) is 8.92. The van der Waals surface area contributed by atoms with Gasteiger partial charge < -0.3 is 24.9 Å². The molecule has 3 N–H and O–H groups in total. The van der Waals surface area contributed by atoms with Crippen LogP contribution < -0.4 is 5.32 Å². The van der Waals surface area contributed by atoms with E-state index in [1.54, 1.807) is 4.90 Å². The first-order valence-corrected chi connectivity index (χ1v) is 17.9. The first-order valence-electron chi connectivity index (χ1n) is 15.5.